The largest absolute Gasteiger partial charge is 0.466 e. The lowest BCUT2D eigenvalue weighted by atomic mass is 10.1. The van der Waals surface area contributed by atoms with Gasteiger partial charge in [0.2, 0.25) is 0 Å². The van der Waals surface area contributed by atoms with E-state index in [9.17, 15) is 9.59 Å². The Hall–Kier alpha value is -1.26. The van der Waals surface area contributed by atoms with Gasteiger partial charge < -0.3 is 9.47 Å². The van der Waals surface area contributed by atoms with Gasteiger partial charge in [0.15, 0.2) is 0 Å². The number of carbonyl (C=O) groups excluding carboxylic acids is 2. The van der Waals surface area contributed by atoms with Crippen molar-refractivity contribution in [2.45, 2.75) is 110 Å². The number of carbonyl (C=O) groups is 2. The molecule has 4 nitrogen and oxygen atoms in total. The van der Waals surface area contributed by atoms with Crippen LogP contribution < -0.4 is 4.74 Å². The van der Waals surface area contributed by atoms with E-state index in [1.54, 1.807) is 18.2 Å². The molecule has 0 atom stereocenters. The molecule has 182 valence electrons. The summed E-state index contributed by atoms with van der Waals surface area (Å²) in [6.07, 6.45) is 16.6. The highest BCUT2D eigenvalue weighted by Gasteiger charge is 2.07. The van der Waals surface area contributed by atoms with Gasteiger partial charge in [0, 0.05) is 22.9 Å². The first-order chi connectivity index (χ1) is 15.5. The molecule has 1 aromatic rings. The van der Waals surface area contributed by atoms with Crippen LogP contribution in [0, 0.1) is 0 Å². The molecule has 0 N–H and O–H groups in total. The minimum atomic E-state index is -0.275. The van der Waals surface area contributed by atoms with Crippen LogP contribution in [0.5, 0.6) is 5.75 Å². The molecule has 0 fully saturated rings. The maximum Gasteiger partial charge on any atom is 0.311 e. The topological polar surface area (TPSA) is 52.6 Å². The first-order valence-corrected chi connectivity index (χ1v) is 13.1. The molecule has 0 aliphatic carbocycles. The van der Waals surface area contributed by atoms with Crippen LogP contribution in [-0.4, -0.2) is 18.5 Å². The van der Waals surface area contributed by atoms with Crippen molar-refractivity contribution in [3.63, 3.8) is 0 Å². The number of rotatable bonds is 19. The van der Waals surface area contributed by atoms with E-state index in [2.05, 4.69) is 6.92 Å². The van der Waals surface area contributed by atoms with Gasteiger partial charge in [0.1, 0.15) is 5.75 Å². The summed E-state index contributed by atoms with van der Waals surface area (Å²) in [6, 6.07) is 4.75. The van der Waals surface area contributed by atoms with Gasteiger partial charge in [-0.2, -0.15) is 0 Å². The fraction of sp³-hybridized carbons (Fsp3) is 0.692. The van der Waals surface area contributed by atoms with E-state index in [0.717, 1.165) is 51.4 Å². The monoisotopic (exact) mass is 486 g/mol. The molecule has 0 aliphatic rings. The van der Waals surface area contributed by atoms with Crippen LogP contribution in [0.1, 0.15) is 110 Å². The van der Waals surface area contributed by atoms with Crippen LogP contribution >= 0.6 is 23.2 Å². The third-order valence-electron chi connectivity index (χ3n) is 5.34. The Balaban J connectivity index is 1.88. The van der Waals surface area contributed by atoms with E-state index in [1.807, 2.05) is 0 Å². The third kappa shape index (κ3) is 16.4. The van der Waals surface area contributed by atoms with Gasteiger partial charge in [-0.25, -0.2) is 0 Å². The zero-order valence-corrected chi connectivity index (χ0v) is 21.2. The Morgan fingerprint density at radius 1 is 0.656 bits per heavy atom. The van der Waals surface area contributed by atoms with Crippen LogP contribution in [0.25, 0.3) is 0 Å². The third-order valence-corrected chi connectivity index (χ3v) is 5.78. The number of halogens is 2. The Kier molecular flexibility index (Phi) is 17.3. The zero-order chi connectivity index (χ0) is 23.4. The maximum absolute atomic E-state index is 11.9. The molecular weight excluding hydrogens is 447 g/mol. The Bertz CT molecular complexity index is 628. The summed E-state index contributed by atoms with van der Waals surface area (Å²) in [4.78, 5) is 23.6. The lowest BCUT2D eigenvalue weighted by Gasteiger charge is -2.06. The summed E-state index contributed by atoms with van der Waals surface area (Å²) < 4.78 is 10.6. The molecule has 0 aliphatic heterocycles. The fourth-order valence-corrected chi connectivity index (χ4v) is 4.02. The molecule has 6 heteroatoms. The minimum absolute atomic E-state index is 0.0724. The second-order valence-corrected chi connectivity index (χ2v) is 9.27. The second kappa shape index (κ2) is 19.2. The molecular formula is C26H40Cl2O4. The summed E-state index contributed by atoms with van der Waals surface area (Å²) in [5, 5.41) is 0.884. The highest BCUT2D eigenvalue weighted by Crippen LogP contribution is 2.24. The number of hydrogen-bond donors (Lipinski definition) is 0. The van der Waals surface area contributed by atoms with Gasteiger partial charge in [0.05, 0.1) is 6.61 Å². The normalized spacial score (nSPS) is 10.8. The molecule has 0 unspecified atom stereocenters. The van der Waals surface area contributed by atoms with Crippen molar-refractivity contribution in [1.82, 2.24) is 0 Å². The summed E-state index contributed by atoms with van der Waals surface area (Å²) in [5.41, 5.74) is 0. The van der Waals surface area contributed by atoms with Crippen molar-refractivity contribution in [3.8, 4) is 5.75 Å². The van der Waals surface area contributed by atoms with Gasteiger partial charge in [-0.05, 0) is 37.5 Å². The molecule has 0 bridgehead atoms. The summed E-state index contributed by atoms with van der Waals surface area (Å²) in [6.45, 7) is 2.79. The molecule has 0 radical (unpaired) electrons. The number of esters is 2. The van der Waals surface area contributed by atoms with Crippen LogP contribution in [-0.2, 0) is 14.3 Å². The molecule has 0 aromatic heterocycles. The molecule has 0 saturated heterocycles. The quantitative estimate of drug-likeness (QED) is 0.111. The molecule has 0 saturated carbocycles. The Morgan fingerprint density at radius 2 is 1.12 bits per heavy atom. The fourth-order valence-electron chi connectivity index (χ4n) is 3.51. The lowest BCUT2D eigenvalue weighted by molar-refractivity contribution is -0.144. The van der Waals surface area contributed by atoms with Crippen LogP contribution in [0.15, 0.2) is 18.2 Å². The van der Waals surface area contributed by atoms with Crippen molar-refractivity contribution >= 4 is 35.1 Å². The SMILES string of the molecule is CCCCCCCCCCOC(=O)CCCCCCCCC(=O)Oc1cc(Cl)cc(Cl)c1. The van der Waals surface area contributed by atoms with Crippen molar-refractivity contribution < 1.29 is 19.1 Å². The van der Waals surface area contributed by atoms with E-state index in [1.165, 1.54) is 38.5 Å². The van der Waals surface area contributed by atoms with Gasteiger partial charge >= 0.3 is 11.9 Å². The molecule has 0 heterocycles. The highest BCUT2D eigenvalue weighted by molar-refractivity contribution is 6.34. The molecule has 0 spiro atoms. The Labute approximate surface area is 204 Å². The first-order valence-electron chi connectivity index (χ1n) is 12.3. The molecule has 32 heavy (non-hydrogen) atoms. The average Bonchev–Trinajstić information content (AvgIpc) is 2.73. The van der Waals surface area contributed by atoms with Crippen LogP contribution in [0.3, 0.4) is 0 Å². The number of hydrogen-bond acceptors (Lipinski definition) is 4. The summed E-state index contributed by atoms with van der Waals surface area (Å²) in [7, 11) is 0. The maximum atomic E-state index is 11.9. The van der Waals surface area contributed by atoms with E-state index < -0.39 is 0 Å². The van der Waals surface area contributed by atoms with Gasteiger partial charge in [-0.3, -0.25) is 9.59 Å². The summed E-state index contributed by atoms with van der Waals surface area (Å²) in [5.74, 6) is 0.0289. The lowest BCUT2D eigenvalue weighted by Crippen LogP contribution is -2.07. The van der Waals surface area contributed by atoms with Crippen molar-refractivity contribution in [2.24, 2.45) is 0 Å². The first kappa shape index (κ1) is 28.8. The predicted octanol–water partition coefficient (Wildman–Crippen LogP) is 8.70. The minimum Gasteiger partial charge on any atom is -0.466 e. The van der Waals surface area contributed by atoms with Crippen molar-refractivity contribution in [1.29, 1.82) is 0 Å². The van der Waals surface area contributed by atoms with E-state index in [4.69, 9.17) is 32.7 Å². The second-order valence-electron chi connectivity index (χ2n) is 8.40. The van der Waals surface area contributed by atoms with E-state index in [0.29, 0.717) is 35.2 Å². The average molecular weight is 488 g/mol. The van der Waals surface area contributed by atoms with Gasteiger partial charge in [-0.1, -0.05) is 101 Å². The number of unbranched alkanes of at least 4 members (excludes halogenated alkanes) is 12. The standard InChI is InChI=1S/C26H40Cl2O4/c1-2-3-4-5-6-9-12-15-18-31-25(29)16-13-10-7-8-11-14-17-26(30)32-24-20-22(27)19-23(28)21-24/h19-21H,2-18H2,1H3. The smallest absolute Gasteiger partial charge is 0.311 e. The number of benzene rings is 1. The van der Waals surface area contributed by atoms with Gasteiger partial charge in [-0.15, -0.1) is 0 Å². The summed E-state index contributed by atoms with van der Waals surface area (Å²) >= 11 is 11.8. The van der Waals surface area contributed by atoms with E-state index in [-0.39, 0.29) is 11.9 Å². The van der Waals surface area contributed by atoms with Crippen LogP contribution in [0.4, 0.5) is 0 Å². The van der Waals surface area contributed by atoms with Crippen molar-refractivity contribution in [2.75, 3.05) is 6.61 Å². The van der Waals surface area contributed by atoms with Crippen molar-refractivity contribution in [3.05, 3.63) is 28.2 Å². The molecule has 1 aromatic carbocycles. The molecule has 1 rings (SSSR count). The highest BCUT2D eigenvalue weighted by atomic mass is 35.5. The van der Waals surface area contributed by atoms with E-state index >= 15 is 0 Å². The van der Waals surface area contributed by atoms with Gasteiger partial charge in [0.25, 0.3) is 0 Å². The predicted molar refractivity (Wildman–Crippen MR) is 133 cm³/mol. The number of ether oxygens (including phenoxy) is 2. The Morgan fingerprint density at radius 3 is 1.69 bits per heavy atom. The molecule has 0 amide bonds. The zero-order valence-electron chi connectivity index (χ0n) is 19.6. The van der Waals surface area contributed by atoms with Crippen LogP contribution in [0.2, 0.25) is 10.0 Å².